The molecule has 7 heteroatoms. The van der Waals surface area contributed by atoms with E-state index in [2.05, 4.69) is 13.8 Å². The molecule has 3 N–H and O–H groups in total. The second-order valence-corrected chi connectivity index (χ2v) is 8.41. The number of carboxylic acid groups (broad SMARTS) is 1. The first-order chi connectivity index (χ1) is 13.6. The van der Waals surface area contributed by atoms with Gasteiger partial charge in [-0.2, -0.15) is 0 Å². The molecule has 1 aliphatic heterocycles. The molecule has 164 valence electrons. The summed E-state index contributed by atoms with van der Waals surface area (Å²) in [5.41, 5.74) is 1.84. The molecule has 1 fully saturated rings. The van der Waals surface area contributed by atoms with Gasteiger partial charge in [0.2, 0.25) is 0 Å². The van der Waals surface area contributed by atoms with Crippen molar-refractivity contribution in [3.63, 3.8) is 0 Å². The topological polar surface area (TPSA) is 105 Å². The minimum Gasteiger partial charge on any atom is -0.476 e. The molecule has 1 heterocycles. The number of aryl methyl sites for hydroxylation is 1. The van der Waals surface area contributed by atoms with Crippen LogP contribution in [0.4, 0.5) is 0 Å². The zero-order valence-electron chi connectivity index (χ0n) is 18.1. The second kappa shape index (κ2) is 9.43. The van der Waals surface area contributed by atoms with Gasteiger partial charge in [0, 0.05) is 13.5 Å². The molecule has 0 amide bonds. The van der Waals surface area contributed by atoms with Gasteiger partial charge >= 0.3 is 11.8 Å². The molecule has 6 unspecified atom stereocenters. The first-order valence-electron chi connectivity index (χ1n) is 10.1. The molecule has 1 saturated heterocycles. The number of hydrogen-bond acceptors (Lipinski definition) is 6. The third-order valence-corrected chi connectivity index (χ3v) is 5.97. The van der Waals surface area contributed by atoms with E-state index in [1.54, 1.807) is 0 Å². The summed E-state index contributed by atoms with van der Waals surface area (Å²) in [7, 11) is 1.40. The van der Waals surface area contributed by atoms with Gasteiger partial charge in [0.25, 0.3) is 0 Å². The number of aliphatic hydroxyl groups excluding tert-OH is 2. The third kappa shape index (κ3) is 4.91. The molecule has 7 nitrogen and oxygen atoms in total. The van der Waals surface area contributed by atoms with Crippen LogP contribution < -0.4 is 4.74 Å². The highest BCUT2D eigenvalue weighted by molar-refractivity contribution is 5.76. The number of carbonyl (C=O) groups is 1. The highest BCUT2D eigenvalue weighted by Crippen LogP contribution is 2.41. The number of benzene rings is 1. The standard InChI is InChI=1S/C22H34O7/c1-12(2)16-8-7-13(3)18(9-16)28-22(21(25)26)10-14(4)15(5)19(29-22)20(27-6)17(24)11-23/h7-9,12,14-15,17,19-20,23-24H,10-11H2,1-6H3,(H,25,26). The fourth-order valence-electron chi connectivity index (χ4n) is 3.80. The van der Waals surface area contributed by atoms with Gasteiger partial charge in [0.1, 0.15) is 18.0 Å². The van der Waals surface area contributed by atoms with Crippen LogP contribution in [0.25, 0.3) is 0 Å². The van der Waals surface area contributed by atoms with Crippen molar-refractivity contribution in [3.05, 3.63) is 29.3 Å². The zero-order valence-corrected chi connectivity index (χ0v) is 18.1. The van der Waals surface area contributed by atoms with Crippen molar-refractivity contribution in [2.75, 3.05) is 13.7 Å². The quantitative estimate of drug-likeness (QED) is 0.605. The monoisotopic (exact) mass is 410 g/mol. The van der Waals surface area contributed by atoms with Crippen LogP contribution in [0.15, 0.2) is 18.2 Å². The van der Waals surface area contributed by atoms with E-state index >= 15 is 0 Å². The van der Waals surface area contributed by atoms with E-state index in [1.165, 1.54) is 7.11 Å². The van der Waals surface area contributed by atoms with Gasteiger partial charge in [0.15, 0.2) is 0 Å². The van der Waals surface area contributed by atoms with Crippen LogP contribution in [0.1, 0.15) is 51.2 Å². The van der Waals surface area contributed by atoms with Crippen LogP contribution >= 0.6 is 0 Å². The molecule has 1 aromatic carbocycles. The Bertz CT molecular complexity index is 704. The average Bonchev–Trinajstić information content (AvgIpc) is 2.67. The summed E-state index contributed by atoms with van der Waals surface area (Å²) in [6.45, 7) is 9.29. The van der Waals surface area contributed by atoms with Crippen LogP contribution in [0.5, 0.6) is 5.75 Å². The summed E-state index contributed by atoms with van der Waals surface area (Å²) >= 11 is 0. The van der Waals surface area contributed by atoms with Crippen LogP contribution in [0.2, 0.25) is 0 Å². The predicted octanol–water partition coefficient (Wildman–Crippen LogP) is 2.71. The van der Waals surface area contributed by atoms with Gasteiger partial charge in [-0.15, -0.1) is 0 Å². The highest BCUT2D eigenvalue weighted by atomic mass is 16.7. The maximum Gasteiger partial charge on any atom is 0.377 e. The smallest absolute Gasteiger partial charge is 0.377 e. The first-order valence-corrected chi connectivity index (χ1v) is 10.1. The van der Waals surface area contributed by atoms with E-state index < -0.39 is 36.7 Å². The van der Waals surface area contributed by atoms with E-state index in [0.717, 1.165) is 11.1 Å². The number of carboxylic acids is 1. The minimum atomic E-state index is -1.91. The largest absolute Gasteiger partial charge is 0.476 e. The highest BCUT2D eigenvalue weighted by Gasteiger charge is 2.54. The van der Waals surface area contributed by atoms with Gasteiger partial charge in [0.05, 0.1) is 12.7 Å². The predicted molar refractivity (Wildman–Crippen MR) is 108 cm³/mol. The van der Waals surface area contributed by atoms with Crippen LogP contribution in [0, 0.1) is 18.8 Å². The summed E-state index contributed by atoms with van der Waals surface area (Å²) in [5, 5.41) is 29.6. The molecular weight excluding hydrogens is 376 g/mol. The Hall–Kier alpha value is -1.67. The molecule has 0 saturated carbocycles. The molecule has 0 bridgehead atoms. The van der Waals surface area contributed by atoms with Crippen molar-refractivity contribution in [1.82, 2.24) is 0 Å². The molecule has 0 spiro atoms. The van der Waals surface area contributed by atoms with Crippen LogP contribution in [-0.2, 0) is 14.3 Å². The van der Waals surface area contributed by atoms with Gasteiger partial charge in [-0.25, -0.2) is 4.79 Å². The summed E-state index contributed by atoms with van der Waals surface area (Å²) < 4.78 is 17.5. The maximum atomic E-state index is 12.4. The van der Waals surface area contributed by atoms with Crippen molar-refractivity contribution in [2.45, 2.75) is 71.1 Å². The molecule has 1 aromatic rings. The van der Waals surface area contributed by atoms with Crippen molar-refractivity contribution >= 4 is 5.97 Å². The van der Waals surface area contributed by atoms with Crippen molar-refractivity contribution in [3.8, 4) is 5.75 Å². The number of methoxy groups -OCH3 is 1. The third-order valence-electron chi connectivity index (χ3n) is 5.97. The van der Waals surface area contributed by atoms with E-state index in [1.807, 2.05) is 39.0 Å². The maximum absolute atomic E-state index is 12.4. The Morgan fingerprint density at radius 3 is 2.52 bits per heavy atom. The lowest BCUT2D eigenvalue weighted by Gasteiger charge is -2.47. The number of aliphatic hydroxyl groups is 2. The van der Waals surface area contributed by atoms with Crippen LogP contribution in [0.3, 0.4) is 0 Å². The SMILES string of the molecule is COC(C(O)CO)C1OC(Oc2cc(C(C)C)ccc2C)(C(=O)O)CC(C)C1C. The number of aliphatic carboxylic acids is 1. The van der Waals surface area contributed by atoms with E-state index in [0.29, 0.717) is 5.75 Å². The number of ether oxygens (including phenoxy) is 3. The molecule has 1 aliphatic rings. The average molecular weight is 411 g/mol. The lowest BCUT2D eigenvalue weighted by Crippen LogP contribution is -2.61. The fourth-order valence-corrected chi connectivity index (χ4v) is 3.80. The Labute approximate surface area is 172 Å². The van der Waals surface area contributed by atoms with E-state index in [9.17, 15) is 20.1 Å². The molecule has 6 atom stereocenters. The molecular formula is C22H34O7. The Morgan fingerprint density at radius 1 is 1.34 bits per heavy atom. The second-order valence-electron chi connectivity index (χ2n) is 8.41. The number of hydrogen-bond donors (Lipinski definition) is 3. The zero-order chi connectivity index (χ0) is 21.9. The van der Waals surface area contributed by atoms with Gasteiger partial charge in [-0.1, -0.05) is 39.8 Å². The summed E-state index contributed by atoms with van der Waals surface area (Å²) in [6, 6.07) is 5.75. The lowest BCUT2D eigenvalue weighted by molar-refractivity contribution is -0.286. The van der Waals surface area contributed by atoms with Gasteiger partial charge in [-0.3, -0.25) is 0 Å². The van der Waals surface area contributed by atoms with Gasteiger partial charge in [-0.05, 0) is 41.9 Å². The minimum absolute atomic E-state index is 0.0815. The van der Waals surface area contributed by atoms with E-state index in [-0.39, 0.29) is 24.2 Å². The van der Waals surface area contributed by atoms with Crippen molar-refractivity contribution < 1.29 is 34.3 Å². The molecule has 29 heavy (non-hydrogen) atoms. The summed E-state index contributed by atoms with van der Waals surface area (Å²) in [5.74, 6) is -2.62. The Morgan fingerprint density at radius 2 is 2.00 bits per heavy atom. The Kier molecular flexibility index (Phi) is 7.67. The Balaban J connectivity index is 2.45. The van der Waals surface area contributed by atoms with Crippen LogP contribution in [-0.4, -0.2) is 59.1 Å². The molecule has 2 rings (SSSR count). The fraction of sp³-hybridized carbons (Fsp3) is 0.682. The summed E-state index contributed by atoms with van der Waals surface area (Å²) in [4.78, 5) is 12.4. The van der Waals surface area contributed by atoms with Gasteiger partial charge < -0.3 is 29.5 Å². The van der Waals surface area contributed by atoms with Crippen molar-refractivity contribution in [2.24, 2.45) is 11.8 Å². The van der Waals surface area contributed by atoms with E-state index in [4.69, 9.17) is 14.2 Å². The molecule has 0 radical (unpaired) electrons. The molecule has 0 aromatic heterocycles. The lowest BCUT2D eigenvalue weighted by atomic mass is 9.79. The summed E-state index contributed by atoms with van der Waals surface area (Å²) in [6.07, 6.45) is -2.70. The number of rotatable bonds is 8. The normalized spacial score (nSPS) is 29.5. The first kappa shape index (κ1) is 23.6. The van der Waals surface area contributed by atoms with Crippen molar-refractivity contribution in [1.29, 1.82) is 0 Å². The molecule has 0 aliphatic carbocycles.